The molecule has 0 amide bonds. The molecule has 0 atom stereocenters. The number of aromatic nitrogens is 3. The molecule has 1 fully saturated rings. The van der Waals surface area contributed by atoms with Crippen molar-refractivity contribution in [2.45, 2.75) is 19.8 Å². The summed E-state index contributed by atoms with van der Waals surface area (Å²) in [5.41, 5.74) is 3.50. The van der Waals surface area contributed by atoms with Gasteiger partial charge in [0.2, 0.25) is 0 Å². The van der Waals surface area contributed by atoms with Crippen LogP contribution in [0.2, 0.25) is 0 Å². The minimum Gasteiger partial charge on any atom is -0.353 e. The molecule has 1 saturated heterocycles. The zero-order chi connectivity index (χ0) is 12.5. The Morgan fingerprint density at radius 2 is 2.17 bits per heavy atom. The average Bonchev–Trinajstić information content (AvgIpc) is 2.86. The third-order valence-corrected chi connectivity index (χ3v) is 3.59. The van der Waals surface area contributed by atoms with Crippen molar-refractivity contribution in [3.63, 3.8) is 0 Å². The van der Waals surface area contributed by atoms with Gasteiger partial charge >= 0.3 is 0 Å². The van der Waals surface area contributed by atoms with Gasteiger partial charge in [0.25, 0.3) is 0 Å². The Balaban J connectivity index is 2.01. The Kier molecular flexibility index (Phi) is 2.79. The number of hydrogen-bond acceptors (Lipinski definition) is 5. The lowest BCUT2D eigenvalue weighted by molar-refractivity contribution is 0.437. The third-order valence-electron chi connectivity index (χ3n) is 3.59. The molecular weight excluding hydrogens is 228 g/mol. The van der Waals surface area contributed by atoms with E-state index < -0.39 is 0 Å². The second-order valence-corrected chi connectivity index (χ2v) is 4.92. The zero-order valence-electron chi connectivity index (χ0n) is 10.5. The number of rotatable bonds is 2. The molecule has 3 N–H and O–H groups in total. The molecule has 1 aliphatic rings. The van der Waals surface area contributed by atoms with Crippen LogP contribution in [0.3, 0.4) is 0 Å². The highest BCUT2D eigenvalue weighted by Gasteiger charge is 2.20. The fourth-order valence-corrected chi connectivity index (χ4v) is 2.42. The molecular formula is C12H18N6. The number of nitrogens with zero attached hydrogens (tertiary/aromatic N) is 4. The Labute approximate surface area is 106 Å². The molecule has 0 saturated carbocycles. The summed E-state index contributed by atoms with van der Waals surface area (Å²) < 4.78 is 1.95. The van der Waals surface area contributed by atoms with E-state index in [9.17, 15) is 0 Å². The molecule has 0 radical (unpaired) electrons. The van der Waals surface area contributed by atoms with Crippen molar-refractivity contribution < 1.29 is 0 Å². The minimum absolute atomic E-state index is 0.661. The molecule has 0 bridgehead atoms. The molecule has 3 rings (SSSR count). The lowest BCUT2D eigenvalue weighted by atomic mass is 9.99. The lowest BCUT2D eigenvalue weighted by Crippen LogP contribution is -2.34. The van der Waals surface area contributed by atoms with Crippen LogP contribution in [0.1, 0.15) is 19.8 Å². The number of hydrazine groups is 1. The van der Waals surface area contributed by atoms with Gasteiger partial charge in [0, 0.05) is 25.5 Å². The van der Waals surface area contributed by atoms with E-state index >= 15 is 0 Å². The maximum atomic E-state index is 5.47. The summed E-state index contributed by atoms with van der Waals surface area (Å²) in [5, 5.41) is 0. The van der Waals surface area contributed by atoms with Crippen LogP contribution < -0.4 is 16.2 Å². The fraction of sp³-hybridized carbons (Fsp3) is 0.500. The van der Waals surface area contributed by atoms with Crippen molar-refractivity contribution in [3.05, 3.63) is 18.6 Å². The topological polar surface area (TPSA) is 71.5 Å². The van der Waals surface area contributed by atoms with Crippen LogP contribution in [0.4, 0.5) is 11.6 Å². The number of fused-ring (bicyclic) bond motifs is 1. The predicted octanol–water partition coefficient (Wildman–Crippen LogP) is 1.25. The third kappa shape index (κ3) is 1.88. The van der Waals surface area contributed by atoms with Crippen LogP contribution in [0, 0.1) is 5.92 Å². The average molecular weight is 246 g/mol. The van der Waals surface area contributed by atoms with Crippen molar-refractivity contribution in [2.24, 2.45) is 11.8 Å². The van der Waals surface area contributed by atoms with Gasteiger partial charge in [-0.05, 0) is 18.8 Å². The Bertz CT molecular complexity index is 540. The standard InChI is InChI=1S/C12H18N6/c1-9-2-5-17(6-3-9)12-11-14-4-7-18(11)8-10(15-12)16-13/h4,7-9,16H,2-3,5-6,13H2,1H3. The van der Waals surface area contributed by atoms with Crippen LogP contribution in [0.5, 0.6) is 0 Å². The van der Waals surface area contributed by atoms with Gasteiger partial charge in [-0.15, -0.1) is 0 Å². The molecule has 6 heteroatoms. The van der Waals surface area contributed by atoms with Crippen LogP contribution in [-0.4, -0.2) is 27.5 Å². The molecule has 96 valence electrons. The highest BCUT2D eigenvalue weighted by molar-refractivity contribution is 5.66. The number of hydrogen-bond donors (Lipinski definition) is 2. The molecule has 0 aliphatic carbocycles. The SMILES string of the molecule is CC1CCN(c2nc(NN)cn3ccnc23)CC1. The number of piperidine rings is 1. The first-order valence-electron chi connectivity index (χ1n) is 6.33. The van der Waals surface area contributed by atoms with E-state index in [1.54, 1.807) is 6.20 Å². The summed E-state index contributed by atoms with van der Waals surface area (Å²) in [4.78, 5) is 11.2. The molecule has 0 spiro atoms. The molecule has 0 aromatic carbocycles. The fourth-order valence-electron chi connectivity index (χ4n) is 2.42. The largest absolute Gasteiger partial charge is 0.353 e. The van der Waals surface area contributed by atoms with E-state index in [0.717, 1.165) is 30.5 Å². The summed E-state index contributed by atoms with van der Waals surface area (Å²) in [6.45, 7) is 4.36. The maximum absolute atomic E-state index is 5.47. The summed E-state index contributed by atoms with van der Waals surface area (Å²) in [7, 11) is 0. The van der Waals surface area contributed by atoms with E-state index in [0.29, 0.717) is 5.82 Å². The van der Waals surface area contributed by atoms with E-state index in [1.807, 2.05) is 16.8 Å². The van der Waals surface area contributed by atoms with Crippen molar-refractivity contribution in [2.75, 3.05) is 23.4 Å². The van der Waals surface area contributed by atoms with Crippen LogP contribution in [0.15, 0.2) is 18.6 Å². The van der Waals surface area contributed by atoms with Gasteiger partial charge < -0.3 is 14.7 Å². The normalized spacial score (nSPS) is 17.3. The van der Waals surface area contributed by atoms with E-state index in [4.69, 9.17) is 5.84 Å². The maximum Gasteiger partial charge on any atom is 0.180 e. The highest BCUT2D eigenvalue weighted by atomic mass is 15.3. The first kappa shape index (κ1) is 11.3. The number of nitrogens with two attached hydrogens (primary N) is 1. The van der Waals surface area contributed by atoms with E-state index in [-0.39, 0.29) is 0 Å². The lowest BCUT2D eigenvalue weighted by Gasteiger charge is -2.31. The molecule has 2 aromatic rings. The van der Waals surface area contributed by atoms with Gasteiger partial charge in [0.05, 0.1) is 6.20 Å². The van der Waals surface area contributed by atoms with Gasteiger partial charge in [-0.3, -0.25) is 0 Å². The zero-order valence-corrected chi connectivity index (χ0v) is 10.5. The van der Waals surface area contributed by atoms with Crippen LogP contribution >= 0.6 is 0 Å². The summed E-state index contributed by atoms with van der Waals surface area (Å²) in [5.74, 6) is 7.84. The van der Waals surface area contributed by atoms with Crippen molar-refractivity contribution in [1.82, 2.24) is 14.4 Å². The number of nitrogens with one attached hydrogen (secondary N) is 1. The summed E-state index contributed by atoms with van der Waals surface area (Å²) in [6, 6.07) is 0. The second kappa shape index (κ2) is 4.45. The Morgan fingerprint density at radius 3 is 2.89 bits per heavy atom. The molecule has 2 aromatic heterocycles. The van der Waals surface area contributed by atoms with E-state index in [2.05, 4.69) is 27.2 Å². The smallest absolute Gasteiger partial charge is 0.180 e. The van der Waals surface area contributed by atoms with Crippen molar-refractivity contribution in [1.29, 1.82) is 0 Å². The van der Waals surface area contributed by atoms with E-state index in [1.165, 1.54) is 12.8 Å². The molecule has 1 aliphatic heterocycles. The summed E-state index contributed by atoms with van der Waals surface area (Å²) >= 11 is 0. The molecule has 18 heavy (non-hydrogen) atoms. The quantitative estimate of drug-likeness (QED) is 0.616. The highest BCUT2D eigenvalue weighted by Crippen LogP contribution is 2.25. The first-order chi connectivity index (χ1) is 8.78. The Morgan fingerprint density at radius 1 is 1.39 bits per heavy atom. The Hall–Kier alpha value is -1.82. The van der Waals surface area contributed by atoms with Crippen LogP contribution in [-0.2, 0) is 0 Å². The minimum atomic E-state index is 0.661. The number of nitrogen functional groups attached to an aromatic ring is 1. The van der Waals surface area contributed by atoms with Gasteiger partial charge in [-0.1, -0.05) is 6.92 Å². The summed E-state index contributed by atoms with van der Waals surface area (Å²) in [6.07, 6.45) is 7.95. The van der Waals surface area contributed by atoms with Crippen molar-refractivity contribution >= 4 is 17.3 Å². The molecule has 6 nitrogen and oxygen atoms in total. The second-order valence-electron chi connectivity index (χ2n) is 4.92. The predicted molar refractivity (Wildman–Crippen MR) is 71.4 cm³/mol. The van der Waals surface area contributed by atoms with Gasteiger partial charge in [-0.25, -0.2) is 15.8 Å². The van der Waals surface area contributed by atoms with Gasteiger partial charge in [-0.2, -0.15) is 0 Å². The monoisotopic (exact) mass is 246 g/mol. The van der Waals surface area contributed by atoms with Gasteiger partial charge in [0.1, 0.15) is 0 Å². The van der Waals surface area contributed by atoms with Gasteiger partial charge in [0.15, 0.2) is 17.3 Å². The number of imidazole rings is 1. The molecule has 3 heterocycles. The first-order valence-corrected chi connectivity index (χ1v) is 6.33. The van der Waals surface area contributed by atoms with Crippen molar-refractivity contribution in [3.8, 4) is 0 Å². The molecule has 0 unspecified atom stereocenters. The number of anilines is 2. The van der Waals surface area contributed by atoms with Crippen LogP contribution in [0.25, 0.3) is 5.65 Å².